The van der Waals surface area contributed by atoms with Crippen LogP contribution in [-0.4, -0.2) is 24.3 Å². The highest BCUT2D eigenvalue weighted by atomic mass is 35.5. The third-order valence-corrected chi connectivity index (χ3v) is 4.44. The third-order valence-electron chi connectivity index (χ3n) is 4.11. The van der Waals surface area contributed by atoms with Gasteiger partial charge in [0.15, 0.2) is 23.0 Å². The molecule has 0 saturated heterocycles. The monoisotopic (exact) mass is 424 g/mol. The summed E-state index contributed by atoms with van der Waals surface area (Å²) in [7, 11) is 0. The number of alkyl halides is 3. The van der Waals surface area contributed by atoms with Gasteiger partial charge >= 0.3 is 6.18 Å². The van der Waals surface area contributed by atoms with E-state index in [0.29, 0.717) is 30.3 Å². The van der Waals surface area contributed by atoms with E-state index in [1.54, 1.807) is 18.2 Å². The molecule has 2 aromatic carbocycles. The zero-order valence-electron chi connectivity index (χ0n) is 14.5. The van der Waals surface area contributed by atoms with Crippen LogP contribution in [0.1, 0.15) is 16.1 Å². The molecule has 0 atom stereocenters. The predicted molar refractivity (Wildman–Crippen MR) is 97.3 cm³/mol. The van der Waals surface area contributed by atoms with Crippen LogP contribution in [0, 0.1) is 0 Å². The van der Waals surface area contributed by atoms with Crippen LogP contribution < -0.4 is 14.8 Å². The van der Waals surface area contributed by atoms with Crippen molar-refractivity contribution in [3.8, 4) is 22.8 Å². The fraction of sp³-hybridized carbons (Fsp3) is 0.158. The second kappa shape index (κ2) is 7.32. The van der Waals surface area contributed by atoms with Crippen LogP contribution in [0.15, 0.2) is 47.0 Å². The summed E-state index contributed by atoms with van der Waals surface area (Å²) in [5.74, 6) is 0.643. The number of ether oxygens (including phenoxy) is 2. The van der Waals surface area contributed by atoms with Crippen molar-refractivity contribution in [2.24, 2.45) is 0 Å². The SMILES string of the molecule is O=C(Nc1cc(C(F)(F)F)ccc1Cl)c1cc(-c2ccc3c(c2)OCCO3)on1. The maximum absolute atomic E-state index is 12.9. The van der Waals surface area contributed by atoms with Crippen molar-refractivity contribution in [3.63, 3.8) is 0 Å². The van der Waals surface area contributed by atoms with Crippen molar-refractivity contribution < 1.29 is 32.0 Å². The van der Waals surface area contributed by atoms with Crippen molar-refractivity contribution in [2.45, 2.75) is 6.18 Å². The first-order valence-electron chi connectivity index (χ1n) is 8.36. The van der Waals surface area contributed by atoms with Gasteiger partial charge in [-0.1, -0.05) is 16.8 Å². The summed E-state index contributed by atoms with van der Waals surface area (Å²) in [6, 6.07) is 9.09. The molecule has 6 nitrogen and oxygen atoms in total. The van der Waals surface area contributed by atoms with Gasteiger partial charge in [0.05, 0.1) is 16.3 Å². The van der Waals surface area contributed by atoms with Gasteiger partial charge in [-0.15, -0.1) is 0 Å². The lowest BCUT2D eigenvalue weighted by atomic mass is 10.1. The fourth-order valence-corrected chi connectivity index (χ4v) is 2.86. The highest BCUT2D eigenvalue weighted by Gasteiger charge is 2.31. The van der Waals surface area contributed by atoms with Crippen LogP contribution in [0.2, 0.25) is 5.02 Å². The number of hydrogen-bond acceptors (Lipinski definition) is 5. The van der Waals surface area contributed by atoms with Crippen molar-refractivity contribution in [3.05, 3.63) is 58.7 Å². The summed E-state index contributed by atoms with van der Waals surface area (Å²) in [4.78, 5) is 12.4. The Hall–Kier alpha value is -3.20. The highest BCUT2D eigenvalue weighted by molar-refractivity contribution is 6.33. The van der Waals surface area contributed by atoms with Crippen LogP contribution in [0.3, 0.4) is 0 Å². The molecule has 0 saturated carbocycles. The Labute approximate surface area is 167 Å². The molecule has 2 heterocycles. The normalized spacial score (nSPS) is 13.2. The predicted octanol–water partition coefficient (Wildman–Crippen LogP) is 5.04. The minimum atomic E-state index is -4.57. The van der Waals surface area contributed by atoms with Gasteiger partial charge in [-0.25, -0.2) is 0 Å². The van der Waals surface area contributed by atoms with Gasteiger partial charge in [0.2, 0.25) is 0 Å². The van der Waals surface area contributed by atoms with Crippen LogP contribution in [0.4, 0.5) is 18.9 Å². The van der Waals surface area contributed by atoms with Gasteiger partial charge < -0.3 is 19.3 Å². The van der Waals surface area contributed by atoms with Gasteiger partial charge in [0, 0.05) is 11.6 Å². The van der Waals surface area contributed by atoms with Crippen LogP contribution >= 0.6 is 11.6 Å². The van der Waals surface area contributed by atoms with Crippen LogP contribution in [0.5, 0.6) is 11.5 Å². The first-order chi connectivity index (χ1) is 13.8. The second-order valence-electron chi connectivity index (χ2n) is 6.08. The number of nitrogens with one attached hydrogen (secondary N) is 1. The van der Waals surface area contributed by atoms with E-state index >= 15 is 0 Å². The number of nitrogens with zero attached hydrogens (tertiary/aromatic N) is 1. The Morgan fingerprint density at radius 1 is 1.03 bits per heavy atom. The third kappa shape index (κ3) is 4.00. The summed E-state index contributed by atoms with van der Waals surface area (Å²) in [6.07, 6.45) is -4.57. The standard InChI is InChI=1S/C19H12ClF3N2O4/c20-12-3-2-11(19(21,22)23)8-13(12)24-18(26)14-9-16(29-25-14)10-1-4-15-17(7-10)28-6-5-27-15/h1-4,7-9H,5-6H2,(H,24,26). The summed E-state index contributed by atoms with van der Waals surface area (Å²) in [6.45, 7) is 0.870. The zero-order chi connectivity index (χ0) is 20.6. The second-order valence-corrected chi connectivity index (χ2v) is 6.49. The number of carbonyl (C=O) groups is 1. The quantitative estimate of drug-likeness (QED) is 0.638. The Kier molecular flexibility index (Phi) is 4.83. The number of amides is 1. The Morgan fingerprint density at radius 2 is 1.79 bits per heavy atom. The van der Waals surface area contributed by atoms with Crippen molar-refractivity contribution in [1.29, 1.82) is 0 Å². The van der Waals surface area contributed by atoms with Crippen LogP contribution in [-0.2, 0) is 6.18 Å². The van der Waals surface area contributed by atoms with Crippen molar-refractivity contribution in [2.75, 3.05) is 18.5 Å². The molecule has 1 amide bonds. The average Bonchev–Trinajstić information content (AvgIpc) is 3.19. The van der Waals surface area contributed by atoms with E-state index in [4.69, 9.17) is 25.6 Å². The van der Waals surface area contributed by atoms with E-state index in [2.05, 4.69) is 10.5 Å². The lowest BCUT2D eigenvalue weighted by Crippen LogP contribution is -2.15. The molecule has 1 N–H and O–H groups in total. The summed E-state index contributed by atoms with van der Waals surface area (Å²) < 4.78 is 54.7. The lowest BCUT2D eigenvalue weighted by molar-refractivity contribution is -0.137. The van der Waals surface area contributed by atoms with Crippen LogP contribution in [0.25, 0.3) is 11.3 Å². The molecule has 0 bridgehead atoms. The van der Waals surface area contributed by atoms with Crippen molar-refractivity contribution in [1.82, 2.24) is 5.16 Å². The molecular weight excluding hydrogens is 413 g/mol. The first-order valence-corrected chi connectivity index (χ1v) is 8.74. The molecule has 4 rings (SSSR count). The summed E-state index contributed by atoms with van der Waals surface area (Å²) in [5.41, 5.74) is -0.647. The number of fused-ring (bicyclic) bond motifs is 1. The summed E-state index contributed by atoms with van der Waals surface area (Å²) in [5, 5.41) is 5.95. The lowest BCUT2D eigenvalue weighted by Gasteiger charge is -2.18. The smallest absolute Gasteiger partial charge is 0.416 e. The Balaban J connectivity index is 1.55. The van der Waals surface area contributed by atoms with E-state index < -0.39 is 17.6 Å². The van der Waals surface area contributed by atoms with Gasteiger partial charge in [-0.05, 0) is 36.4 Å². The Morgan fingerprint density at radius 3 is 2.55 bits per heavy atom. The van der Waals surface area contributed by atoms with E-state index in [1.165, 1.54) is 6.07 Å². The molecule has 0 unspecified atom stereocenters. The maximum atomic E-state index is 12.9. The number of rotatable bonds is 3. The first kappa shape index (κ1) is 19.1. The molecule has 10 heteroatoms. The molecule has 0 fully saturated rings. The minimum absolute atomic E-state index is 0.0399. The maximum Gasteiger partial charge on any atom is 0.416 e. The summed E-state index contributed by atoms with van der Waals surface area (Å²) >= 11 is 5.89. The number of anilines is 1. The van der Waals surface area contributed by atoms with Gasteiger partial charge in [0.25, 0.3) is 5.91 Å². The molecule has 29 heavy (non-hydrogen) atoms. The number of benzene rings is 2. The van der Waals surface area contributed by atoms with E-state index in [-0.39, 0.29) is 22.2 Å². The minimum Gasteiger partial charge on any atom is -0.486 e. The number of halogens is 4. The van der Waals surface area contributed by atoms with Crippen molar-refractivity contribution >= 4 is 23.2 Å². The molecule has 0 radical (unpaired) electrons. The van der Waals surface area contributed by atoms with Gasteiger partial charge in [-0.2, -0.15) is 13.2 Å². The number of carbonyl (C=O) groups excluding carboxylic acids is 1. The highest BCUT2D eigenvalue weighted by Crippen LogP contribution is 2.36. The molecule has 0 aliphatic carbocycles. The number of aromatic nitrogens is 1. The van der Waals surface area contributed by atoms with E-state index in [1.807, 2.05) is 0 Å². The molecule has 0 spiro atoms. The zero-order valence-corrected chi connectivity index (χ0v) is 15.3. The topological polar surface area (TPSA) is 73.6 Å². The number of hydrogen-bond donors (Lipinski definition) is 1. The average molecular weight is 425 g/mol. The molecule has 1 aliphatic heterocycles. The largest absolute Gasteiger partial charge is 0.486 e. The van der Waals surface area contributed by atoms with E-state index in [9.17, 15) is 18.0 Å². The van der Waals surface area contributed by atoms with Gasteiger partial charge in [-0.3, -0.25) is 4.79 Å². The van der Waals surface area contributed by atoms with E-state index in [0.717, 1.165) is 18.2 Å². The molecule has 150 valence electrons. The fourth-order valence-electron chi connectivity index (χ4n) is 2.70. The van der Waals surface area contributed by atoms with Gasteiger partial charge in [0.1, 0.15) is 13.2 Å². The molecule has 3 aromatic rings. The Bertz CT molecular complexity index is 1080. The molecular formula is C19H12ClF3N2O4. The molecule has 1 aliphatic rings. The molecule has 1 aromatic heterocycles.